The van der Waals surface area contributed by atoms with Crippen LogP contribution in [0.3, 0.4) is 0 Å². The van der Waals surface area contributed by atoms with Gasteiger partial charge in [0.25, 0.3) is 0 Å². The summed E-state index contributed by atoms with van der Waals surface area (Å²) in [7, 11) is -2.34. The second-order valence-corrected chi connectivity index (χ2v) is 5.90. The summed E-state index contributed by atoms with van der Waals surface area (Å²) >= 11 is 0. The molecule has 8 heteroatoms. The molecule has 1 aromatic carbocycles. The Hall–Kier alpha value is -2.06. The number of nitrogens with one attached hydrogen (secondary N) is 1. The number of nitrogen functional groups attached to an aromatic ring is 1. The minimum Gasteiger partial charge on any atom is -0.495 e. The highest BCUT2D eigenvalue weighted by Gasteiger charge is 2.19. The number of aryl methyl sites for hydroxylation is 1. The predicted octanol–water partition coefficient (Wildman–Crippen LogP) is 1.05. The Balaban J connectivity index is 2.22. The quantitative estimate of drug-likeness (QED) is 0.799. The molecule has 7 nitrogen and oxygen atoms in total. The molecule has 0 aliphatic heterocycles. The van der Waals surface area contributed by atoms with Gasteiger partial charge in [-0.2, -0.15) is 0 Å². The molecule has 0 unspecified atom stereocenters. The lowest BCUT2D eigenvalue weighted by molar-refractivity contribution is 0.389. The van der Waals surface area contributed by atoms with Gasteiger partial charge in [-0.05, 0) is 19.1 Å². The first-order valence-electron chi connectivity index (χ1n) is 5.78. The molecular formula is C12H15N3O4S. The highest BCUT2D eigenvalue weighted by Crippen LogP contribution is 2.25. The maximum absolute atomic E-state index is 12.2. The number of rotatable bonds is 5. The van der Waals surface area contributed by atoms with Gasteiger partial charge in [0, 0.05) is 17.8 Å². The topological polar surface area (TPSA) is 107 Å². The number of benzene rings is 1. The third-order valence-electron chi connectivity index (χ3n) is 2.60. The fourth-order valence-electron chi connectivity index (χ4n) is 1.65. The predicted molar refractivity (Wildman–Crippen MR) is 72.7 cm³/mol. The van der Waals surface area contributed by atoms with E-state index in [0.717, 1.165) is 0 Å². The van der Waals surface area contributed by atoms with Crippen LogP contribution in [0, 0.1) is 6.92 Å². The van der Waals surface area contributed by atoms with Gasteiger partial charge in [0.15, 0.2) is 0 Å². The van der Waals surface area contributed by atoms with Crippen molar-refractivity contribution in [3.63, 3.8) is 0 Å². The van der Waals surface area contributed by atoms with Gasteiger partial charge in [-0.3, -0.25) is 0 Å². The number of ether oxygens (including phenoxy) is 1. The zero-order chi connectivity index (χ0) is 14.8. The lowest BCUT2D eigenvalue weighted by Gasteiger charge is -2.10. The van der Waals surface area contributed by atoms with E-state index in [0.29, 0.717) is 17.1 Å². The average molecular weight is 297 g/mol. The molecule has 0 aliphatic carbocycles. The second-order valence-electron chi connectivity index (χ2n) is 4.16. The Bertz CT molecular complexity index is 709. The van der Waals surface area contributed by atoms with Crippen molar-refractivity contribution in [3.8, 4) is 5.75 Å². The number of sulfonamides is 1. The summed E-state index contributed by atoms with van der Waals surface area (Å²) in [5.74, 6) is 0.804. The summed E-state index contributed by atoms with van der Waals surface area (Å²) < 4.78 is 36.8. The van der Waals surface area contributed by atoms with Crippen LogP contribution in [0.5, 0.6) is 5.75 Å². The van der Waals surface area contributed by atoms with Crippen LogP contribution in [0.4, 0.5) is 5.69 Å². The van der Waals surface area contributed by atoms with Crippen LogP contribution in [-0.4, -0.2) is 20.7 Å². The first-order chi connectivity index (χ1) is 9.42. The Morgan fingerprint density at radius 1 is 1.40 bits per heavy atom. The third-order valence-corrected chi connectivity index (χ3v) is 4.04. The van der Waals surface area contributed by atoms with Crippen LogP contribution < -0.4 is 15.2 Å². The van der Waals surface area contributed by atoms with Crippen molar-refractivity contribution in [2.45, 2.75) is 18.4 Å². The van der Waals surface area contributed by atoms with E-state index >= 15 is 0 Å². The monoisotopic (exact) mass is 297 g/mol. The lowest BCUT2D eigenvalue weighted by atomic mass is 10.3. The van der Waals surface area contributed by atoms with Gasteiger partial charge in [0.1, 0.15) is 16.4 Å². The van der Waals surface area contributed by atoms with E-state index in [1.807, 2.05) is 0 Å². The van der Waals surface area contributed by atoms with Crippen molar-refractivity contribution >= 4 is 15.7 Å². The van der Waals surface area contributed by atoms with E-state index in [4.69, 9.17) is 15.0 Å². The van der Waals surface area contributed by atoms with Gasteiger partial charge < -0.3 is 15.0 Å². The van der Waals surface area contributed by atoms with Crippen LogP contribution in [0.15, 0.2) is 33.7 Å². The maximum Gasteiger partial charge on any atom is 0.244 e. The van der Waals surface area contributed by atoms with Gasteiger partial charge in [-0.25, -0.2) is 13.1 Å². The van der Waals surface area contributed by atoms with Crippen LogP contribution in [0.1, 0.15) is 11.5 Å². The average Bonchev–Trinajstić information content (AvgIpc) is 2.82. The Morgan fingerprint density at radius 3 is 2.75 bits per heavy atom. The number of hydrogen-bond donors (Lipinski definition) is 2. The summed E-state index contributed by atoms with van der Waals surface area (Å²) in [6.45, 7) is 1.77. The Labute approximate surface area is 116 Å². The number of methoxy groups -OCH3 is 1. The molecular weight excluding hydrogens is 282 g/mol. The highest BCUT2D eigenvalue weighted by atomic mass is 32.2. The van der Waals surface area contributed by atoms with Gasteiger partial charge in [-0.15, -0.1) is 0 Å². The minimum absolute atomic E-state index is 0.0226. The molecule has 1 aromatic heterocycles. The SMILES string of the molecule is COc1cc(N)ccc1S(=O)(=O)NCc1cc(C)on1. The smallest absolute Gasteiger partial charge is 0.244 e. The van der Waals surface area contributed by atoms with Crippen molar-refractivity contribution in [3.05, 3.63) is 35.7 Å². The van der Waals surface area contributed by atoms with Crippen molar-refractivity contribution in [1.29, 1.82) is 0 Å². The molecule has 2 rings (SSSR count). The number of nitrogens with two attached hydrogens (primary N) is 1. The standard InChI is InChI=1S/C12H15N3O4S/c1-8-5-10(15-19-8)7-14-20(16,17)12-4-3-9(13)6-11(12)18-2/h3-6,14H,7,13H2,1-2H3. The summed E-state index contributed by atoms with van der Waals surface area (Å²) in [5.41, 5.74) is 6.52. The molecule has 108 valence electrons. The van der Waals surface area contributed by atoms with E-state index in [1.54, 1.807) is 13.0 Å². The van der Waals surface area contributed by atoms with Gasteiger partial charge >= 0.3 is 0 Å². The van der Waals surface area contributed by atoms with E-state index in [9.17, 15) is 8.42 Å². The number of hydrogen-bond acceptors (Lipinski definition) is 6. The molecule has 20 heavy (non-hydrogen) atoms. The molecule has 0 saturated carbocycles. The fourth-order valence-corrected chi connectivity index (χ4v) is 2.80. The van der Waals surface area contributed by atoms with E-state index in [1.165, 1.54) is 25.3 Å². The van der Waals surface area contributed by atoms with Gasteiger partial charge in [-0.1, -0.05) is 5.16 Å². The molecule has 0 bridgehead atoms. The molecule has 1 heterocycles. The van der Waals surface area contributed by atoms with Crippen molar-refractivity contribution in [2.75, 3.05) is 12.8 Å². The van der Waals surface area contributed by atoms with Crippen LogP contribution in [0.25, 0.3) is 0 Å². The number of nitrogens with zero attached hydrogens (tertiary/aromatic N) is 1. The van der Waals surface area contributed by atoms with Gasteiger partial charge in [0.2, 0.25) is 10.0 Å². The molecule has 0 spiro atoms. The van der Waals surface area contributed by atoms with E-state index < -0.39 is 10.0 Å². The van der Waals surface area contributed by atoms with Crippen molar-refractivity contribution in [1.82, 2.24) is 9.88 Å². The number of anilines is 1. The number of aromatic nitrogens is 1. The lowest BCUT2D eigenvalue weighted by Crippen LogP contribution is -2.24. The molecule has 0 radical (unpaired) electrons. The molecule has 2 aromatic rings. The van der Waals surface area contributed by atoms with Gasteiger partial charge in [0.05, 0.1) is 19.3 Å². The highest BCUT2D eigenvalue weighted by molar-refractivity contribution is 7.89. The first kappa shape index (κ1) is 14.4. The Kier molecular flexibility index (Phi) is 3.96. The first-order valence-corrected chi connectivity index (χ1v) is 7.26. The minimum atomic E-state index is -3.72. The fraction of sp³-hybridized carbons (Fsp3) is 0.250. The molecule has 0 aliphatic rings. The summed E-state index contributed by atoms with van der Waals surface area (Å²) in [6, 6.07) is 6.00. The molecule has 0 saturated heterocycles. The zero-order valence-electron chi connectivity index (χ0n) is 11.1. The molecule has 0 fully saturated rings. The summed E-state index contributed by atoms with van der Waals surface area (Å²) in [4.78, 5) is 0.0226. The third kappa shape index (κ3) is 3.09. The normalized spacial score (nSPS) is 11.5. The van der Waals surface area contributed by atoms with E-state index in [2.05, 4.69) is 9.88 Å². The zero-order valence-corrected chi connectivity index (χ0v) is 11.9. The Morgan fingerprint density at radius 2 is 2.15 bits per heavy atom. The second kappa shape index (κ2) is 5.51. The maximum atomic E-state index is 12.2. The van der Waals surface area contributed by atoms with Crippen LogP contribution >= 0.6 is 0 Å². The van der Waals surface area contributed by atoms with Crippen LogP contribution in [-0.2, 0) is 16.6 Å². The summed E-state index contributed by atoms with van der Waals surface area (Å²) in [6.07, 6.45) is 0. The van der Waals surface area contributed by atoms with E-state index in [-0.39, 0.29) is 17.2 Å². The van der Waals surface area contributed by atoms with Crippen molar-refractivity contribution < 1.29 is 17.7 Å². The molecule has 0 atom stereocenters. The van der Waals surface area contributed by atoms with Crippen molar-refractivity contribution in [2.24, 2.45) is 0 Å². The summed E-state index contributed by atoms with van der Waals surface area (Å²) in [5, 5.41) is 3.72. The molecule has 3 N–H and O–H groups in total. The largest absolute Gasteiger partial charge is 0.495 e. The molecule has 0 amide bonds. The van der Waals surface area contributed by atoms with Crippen LogP contribution in [0.2, 0.25) is 0 Å².